The molecule has 7 heteroatoms. The predicted octanol–water partition coefficient (Wildman–Crippen LogP) is 5.31. The minimum Gasteiger partial charge on any atom is -0.457 e. The minimum atomic E-state index is -0.263. The first-order valence-corrected chi connectivity index (χ1v) is 10.5. The van der Waals surface area contributed by atoms with Gasteiger partial charge in [-0.2, -0.15) is 0 Å². The van der Waals surface area contributed by atoms with E-state index in [1.165, 1.54) is 11.8 Å². The van der Waals surface area contributed by atoms with Crippen molar-refractivity contribution in [2.24, 2.45) is 0 Å². The highest BCUT2D eigenvalue weighted by atomic mass is 32.2. The SMILES string of the molecule is O=C1CS[C@H](c2cccc(Oc3ccccc3)c2)N1c1nnc(-c2ccccc2)o1. The van der Waals surface area contributed by atoms with E-state index in [1.54, 1.807) is 4.90 Å². The standard InChI is InChI=1S/C23H17N3O3S/c27-20-15-30-22(17-10-7-13-19(14-17)28-18-11-5-2-6-12-18)26(20)23-25-24-21(29-23)16-8-3-1-4-9-16/h1-14,22H,15H2/t22-/m1/s1. The van der Waals surface area contributed by atoms with Gasteiger partial charge in [0.15, 0.2) is 0 Å². The van der Waals surface area contributed by atoms with Crippen molar-refractivity contribution in [3.63, 3.8) is 0 Å². The summed E-state index contributed by atoms with van der Waals surface area (Å²) in [5, 5.41) is 7.99. The lowest BCUT2D eigenvalue weighted by Gasteiger charge is -2.20. The summed E-state index contributed by atoms with van der Waals surface area (Å²) in [4.78, 5) is 14.2. The van der Waals surface area contributed by atoms with Gasteiger partial charge in [-0.15, -0.1) is 16.9 Å². The molecule has 1 fully saturated rings. The van der Waals surface area contributed by atoms with E-state index in [9.17, 15) is 4.79 Å². The fourth-order valence-electron chi connectivity index (χ4n) is 3.24. The van der Waals surface area contributed by atoms with Crippen molar-refractivity contribution in [3.05, 3.63) is 90.5 Å². The summed E-state index contributed by atoms with van der Waals surface area (Å²) < 4.78 is 11.8. The van der Waals surface area contributed by atoms with Crippen LogP contribution in [0.25, 0.3) is 11.5 Å². The molecule has 0 saturated carbocycles. The van der Waals surface area contributed by atoms with Crippen molar-refractivity contribution in [1.82, 2.24) is 10.2 Å². The molecule has 1 amide bonds. The van der Waals surface area contributed by atoms with Gasteiger partial charge in [0.25, 0.3) is 0 Å². The molecule has 2 heterocycles. The molecule has 0 unspecified atom stereocenters. The lowest BCUT2D eigenvalue weighted by atomic mass is 10.2. The van der Waals surface area contributed by atoms with Crippen LogP contribution in [0.5, 0.6) is 11.5 Å². The van der Waals surface area contributed by atoms with Gasteiger partial charge in [0, 0.05) is 5.56 Å². The first-order chi connectivity index (χ1) is 14.8. The zero-order valence-corrected chi connectivity index (χ0v) is 16.7. The number of amides is 1. The highest BCUT2D eigenvalue weighted by molar-refractivity contribution is 8.00. The van der Waals surface area contributed by atoms with Gasteiger partial charge < -0.3 is 9.15 Å². The molecule has 0 aliphatic carbocycles. The first-order valence-electron chi connectivity index (χ1n) is 9.43. The number of anilines is 1. The second kappa shape index (κ2) is 8.04. The predicted molar refractivity (Wildman–Crippen MR) is 115 cm³/mol. The Bertz CT molecular complexity index is 1160. The van der Waals surface area contributed by atoms with Crippen molar-refractivity contribution >= 4 is 23.7 Å². The summed E-state index contributed by atoms with van der Waals surface area (Å²) in [6, 6.07) is 27.0. The van der Waals surface area contributed by atoms with Gasteiger partial charge in [-0.1, -0.05) is 53.6 Å². The van der Waals surface area contributed by atoms with Gasteiger partial charge in [0.2, 0.25) is 11.8 Å². The van der Waals surface area contributed by atoms with Gasteiger partial charge in [0.05, 0.1) is 5.75 Å². The molecular formula is C23H17N3O3S. The quantitative estimate of drug-likeness (QED) is 0.440. The molecule has 0 bridgehead atoms. The van der Waals surface area contributed by atoms with Crippen molar-refractivity contribution in [2.75, 3.05) is 10.7 Å². The lowest BCUT2D eigenvalue weighted by Crippen LogP contribution is -2.28. The Kier molecular flexibility index (Phi) is 4.94. The maximum absolute atomic E-state index is 12.6. The van der Waals surface area contributed by atoms with Gasteiger partial charge in [-0.25, -0.2) is 4.90 Å². The fourth-order valence-corrected chi connectivity index (χ4v) is 4.38. The number of rotatable bonds is 5. The summed E-state index contributed by atoms with van der Waals surface area (Å²) in [7, 11) is 0. The highest BCUT2D eigenvalue weighted by Crippen LogP contribution is 2.42. The summed E-state index contributed by atoms with van der Waals surface area (Å²) >= 11 is 1.52. The average molecular weight is 415 g/mol. The number of ether oxygens (including phenoxy) is 1. The topological polar surface area (TPSA) is 68.5 Å². The monoisotopic (exact) mass is 415 g/mol. The summed E-state index contributed by atoms with van der Waals surface area (Å²) in [5.41, 5.74) is 1.74. The molecule has 1 aliphatic heterocycles. The van der Waals surface area contributed by atoms with Crippen LogP contribution in [0.4, 0.5) is 6.01 Å². The molecule has 6 nitrogen and oxygen atoms in total. The second-order valence-corrected chi connectivity index (χ2v) is 7.74. The number of benzene rings is 3. The second-order valence-electron chi connectivity index (χ2n) is 6.67. The number of hydrogen-bond donors (Lipinski definition) is 0. The van der Waals surface area contributed by atoms with Crippen LogP contribution in [0.1, 0.15) is 10.9 Å². The molecule has 148 valence electrons. The molecule has 0 radical (unpaired) electrons. The average Bonchev–Trinajstić information content (AvgIpc) is 3.42. The number of aromatic nitrogens is 2. The van der Waals surface area contributed by atoms with Gasteiger partial charge in [0.1, 0.15) is 16.9 Å². The Morgan fingerprint density at radius 2 is 1.63 bits per heavy atom. The Morgan fingerprint density at radius 1 is 0.900 bits per heavy atom. The van der Waals surface area contributed by atoms with Crippen molar-refractivity contribution in [1.29, 1.82) is 0 Å². The number of carbonyl (C=O) groups excluding carboxylic acids is 1. The third-order valence-corrected chi connectivity index (χ3v) is 5.84. The Morgan fingerprint density at radius 3 is 2.43 bits per heavy atom. The van der Waals surface area contributed by atoms with Crippen LogP contribution in [-0.2, 0) is 4.79 Å². The normalized spacial score (nSPS) is 16.1. The van der Waals surface area contributed by atoms with Crippen LogP contribution in [0.3, 0.4) is 0 Å². The largest absolute Gasteiger partial charge is 0.457 e. The molecule has 4 aromatic rings. The number of hydrogen-bond acceptors (Lipinski definition) is 6. The molecule has 30 heavy (non-hydrogen) atoms. The van der Waals surface area contributed by atoms with E-state index >= 15 is 0 Å². The smallest absolute Gasteiger partial charge is 0.326 e. The number of thioether (sulfide) groups is 1. The maximum Gasteiger partial charge on any atom is 0.326 e. The fraction of sp³-hybridized carbons (Fsp3) is 0.0870. The Labute approximate surface area is 177 Å². The first kappa shape index (κ1) is 18.4. The maximum atomic E-state index is 12.6. The molecule has 5 rings (SSSR count). The van der Waals surface area contributed by atoms with E-state index in [1.807, 2.05) is 84.9 Å². The van der Waals surface area contributed by atoms with Crippen molar-refractivity contribution in [2.45, 2.75) is 5.37 Å². The Balaban J connectivity index is 1.43. The zero-order valence-electron chi connectivity index (χ0n) is 15.8. The number of carbonyl (C=O) groups is 1. The molecule has 1 aliphatic rings. The molecule has 3 aromatic carbocycles. The van der Waals surface area contributed by atoms with Crippen LogP contribution in [-0.4, -0.2) is 21.9 Å². The number of para-hydroxylation sites is 1. The van der Waals surface area contributed by atoms with Gasteiger partial charge in [-0.05, 0) is 42.0 Å². The van der Waals surface area contributed by atoms with E-state index in [-0.39, 0.29) is 17.3 Å². The van der Waals surface area contributed by atoms with E-state index in [2.05, 4.69) is 10.2 Å². The van der Waals surface area contributed by atoms with E-state index in [0.717, 1.165) is 16.9 Å². The molecule has 0 spiro atoms. The molecule has 1 aromatic heterocycles. The summed E-state index contributed by atoms with van der Waals surface area (Å²) in [5.74, 6) is 2.12. The number of nitrogens with zero attached hydrogens (tertiary/aromatic N) is 3. The highest BCUT2D eigenvalue weighted by Gasteiger charge is 2.37. The third-order valence-electron chi connectivity index (χ3n) is 4.63. The van der Waals surface area contributed by atoms with Crippen LogP contribution >= 0.6 is 11.8 Å². The lowest BCUT2D eigenvalue weighted by molar-refractivity contribution is -0.116. The molecule has 1 saturated heterocycles. The molecule has 1 atom stereocenters. The van der Waals surface area contributed by atoms with Crippen molar-refractivity contribution < 1.29 is 13.9 Å². The van der Waals surface area contributed by atoms with Crippen LogP contribution in [0.15, 0.2) is 89.3 Å². The van der Waals surface area contributed by atoms with E-state index < -0.39 is 0 Å². The van der Waals surface area contributed by atoms with Crippen LogP contribution < -0.4 is 9.64 Å². The van der Waals surface area contributed by atoms with E-state index in [0.29, 0.717) is 17.4 Å². The third kappa shape index (κ3) is 3.67. The van der Waals surface area contributed by atoms with Gasteiger partial charge in [-0.3, -0.25) is 4.79 Å². The summed E-state index contributed by atoms with van der Waals surface area (Å²) in [6.07, 6.45) is 0. The zero-order chi connectivity index (χ0) is 20.3. The van der Waals surface area contributed by atoms with E-state index in [4.69, 9.17) is 9.15 Å². The van der Waals surface area contributed by atoms with Crippen molar-refractivity contribution in [3.8, 4) is 23.0 Å². The Hall–Kier alpha value is -3.58. The molecule has 0 N–H and O–H groups in total. The van der Waals surface area contributed by atoms with Crippen LogP contribution in [0, 0.1) is 0 Å². The van der Waals surface area contributed by atoms with Gasteiger partial charge >= 0.3 is 6.01 Å². The van der Waals surface area contributed by atoms with Crippen LogP contribution in [0.2, 0.25) is 0 Å². The minimum absolute atomic E-state index is 0.0670. The summed E-state index contributed by atoms with van der Waals surface area (Å²) in [6.45, 7) is 0. The molecular weight excluding hydrogens is 398 g/mol.